The van der Waals surface area contributed by atoms with Gasteiger partial charge in [0.25, 0.3) is 0 Å². The van der Waals surface area contributed by atoms with Gasteiger partial charge in [-0.2, -0.15) is 0 Å². The standard InChI is InChI=1S/C13H9ClO.C8H11N/c14-12-8-6-11(7-9-12)13(15)10-4-2-1-3-5-10;1-9(2)8-6-4-3-5-7-8/h1-9H;3-7H,1-2H3/q-1;+1. The van der Waals surface area contributed by atoms with E-state index in [1.165, 1.54) is 5.69 Å². The lowest BCUT2D eigenvalue weighted by Gasteiger charge is -2.22. The fraction of sp³-hybridized carbons (Fsp3) is 0.0952. The molecule has 0 N–H and O–H groups in total. The molecule has 0 spiro atoms. The third-order valence-corrected chi connectivity index (χ3v) is 3.67. The molecule has 0 fully saturated rings. The molecular formula is C21H20ClNO. The molecule has 0 heterocycles. The highest BCUT2D eigenvalue weighted by atomic mass is 35.5. The van der Waals surface area contributed by atoms with E-state index in [9.17, 15) is 5.11 Å². The van der Waals surface area contributed by atoms with Crippen LogP contribution in [0, 0.1) is 6.10 Å². The Balaban J connectivity index is 0.000000198. The zero-order valence-electron chi connectivity index (χ0n) is 13.8. The van der Waals surface area contributed by atoms with Crippen LogP contribution in [0.5, 0.6) is 0 Å². The summed E-state index contributed by atoms with van der Waals surface area (Å²) in [5.41, 5.74) is 2.60. The van der Waals surface area contributed by atoms with Gasteiger partial charge in [-0.1, -0.05) is 89.5 Å². The molecule has 2 radical (unpaired) electrons. The van der Waals surface area contributed by atoms with E-state index in [1.807, 2.05) is 50.5 Å². The maximum absolute atomic E-state index is 11.9. The van der Waals surface area contributed by atoms with Crippen molar-refractivity contribution in [1.29, 1.82) is 0 Å². The molecule has 0 bridgehead atoms. The molecule has 0 saturated carbocycles. The highest BCUT2D eigenvalue weighted by molar-refractivity contribution is 6.30. The molecule has 0 amide bonds. The molecule has 0 aliphatic heterocycles. The van der Waals surface area contributed by atoms with Gasteiger partial charge in [0.1, 0.15) is 14.1 Å². The lowest BCUT2D eigenvalue weighted by Crippen LogP contribution is -2.17. The molecule has 122 valence electrons. The van der Waals surface area contributed by atoms with Gasteiger partial charge in [0, 0.05) is 17.2 Å². The van der Waals surface area contributed by atoms with Crippen molar-refractivity contribution in [1.82, 2.24) is 4.90 Å². The van der Waals surface area contributed by atoms with E-state index in [0.29, 0.717) is 16.1 Å². The van der Waals surface area contributed by atoms with Gasteiger partial charge in [0.05, 0.1) is 0 Å². The Bertz CT molecular complexity index is 712. The van der Waals surface area contributed by atoms with Crippen molar-refractivity contribution in [2.24, 2.45) is 0 Å². The van der Waals surface area contributed by atoms with Crippen LogP contribution in [0.4, 0.5) is 5.69 Å². The average Bonchev–Trinajstić information content (AvgIpc) is 2.64. The van der Waals surface area contributed by atoms with Crippen LogP contribution >= 0.6 is 11.6 Å². The van der Waals surface area contributed by atoms with Crippen LogP contribution in [-0.4, -0.2) is 14.1 Å². The molecule has 0 atom stereocenters. The second-order valence-corrected chi connectivity index (χ2v) is 5.87. The minimum absolute atomic E-state index is 0.0206. The number of hydrogen-bond acceptors (Lipinski definition) is 2. The fourth-order valence-electron chi connectivity index (χ4n) is 2.08. The quantitative estimate of drug-likeness (QED) is 0.653. The molecule has 3 aromatic carbocycles. The second-order valence-electron chi connectivity index (χ2n) is 5.43. The molecule has 0 aliphatic carbocycles. The predicted molar refractivity (Wildman–Crippen MR) is 99.4 cm³/mol. The van der Waals surface area contributed by atoms with Gasteiger partial charge in [-0.3, -0.25) is 0 Å². The van der Waals surface area contributed by atoms with Crippen molar-refractivity contribution in [3.05, 3.63) is 107 Å². The minimum Gasteiger partial charge on any atom is -0.843 e. The summed E-state index contributed by atoms with van der Waals surface area (Å²) in [6.45, 7) is 0. The molecule has 0 saturated heterocycles. The number of para-hydroxylation sites is 1. The lowest BCUT2D eigenvalue weighted by molar-refractivity contribution is -0.333. The Kier molecular flexibility index (Phi) is 7.01. The zero-order chi connectivity index (χ0) is 17.4. The van der Waals surface area contributed by atoms with Gasteiger partial charge in [0.15, 0.2) is 5.69 Å². The van der Waals surface area contributed by atoms with Crippen LogP contribution in [-0.2, 0) is 0 Å². The topological polar surface area (TPSA) is 29.0 Å². The minimum atomic E-state index is 0.0206. The van der Waals surface area contributed by atoms with Crippen LogP contribution in [0.2, 0.25) is 5.02 Å². The van der Waals surface area contributed by atoms with E-state index >= 15 is 0 Å². The molecular weight excluding hydrogens is 318 g/mol. The first-order chi connectivity index (χ1) is 11.6. The van der Waals surface area contributed by atoms with E-state index in [4.69, 9.17) is 11.6 Å². The number of benzene rings is 3. The Morgan fingerprint density at radius 2 is 1.17 bits per heavy atom. The highest BCUT2D eigenvalue weighted by Gasteiger charge is 2.01. The molecule has 0 aliphatic rings. The first-order valence-electron chi connectivity index (χ1n) is 7.65. The normalized spacial score (nSPS) is 10.4. The fourth-order valence-corrected chi connectivity index (χ4v) is 2.21. The second kappa shape index (κ2) is 9.24. The maximum Gasteiger partial charge on any atom is 0.180 e. The van der Waals surface area contributed by atoms with E-state index in [1.54, 1.807) is 36.4 Å². The Hall–Kier alpha value is -2.13. The summed E-state index contributed by atoms with van der Waals surface area (Å²) in [4.78, 5) is 2.08. The van der Waals surface area contributed by atoms with Gasteiger partial charge in [-0.05, 0) is 12.1 Å². The summed E-state index contributed by atoms with van der Waals surface area (Å²) in [6, 6.07) is 26.4. The summed E-state index contributed by atoms with van der Waals surface area (Å²) >= 11 is 5.75. The van der Waals surface area contributed by atoms with Crippen molar-refractivity contribution in [2.45, 2.75) is 0 Å². The third kappa shape index (κ3) is 5.50. The average molecular weight is 338 g/mol. The monoisotopic (exact) mass is 337 g/mol. The first kappa shape index (κ1) is 18.2. The van der Waals surface area contributed by atoms with E-state index < -0.39 is 0 Å². The van der Waals surface area contributed by atoms with Crippen molar-refractivity contribution < 1.29 is 5.11 Å². The summed E-state index contributed by atoms with van der Waals surface area (Å²) in [6.07, 6.45) is 0.0206. The number of rotatable bonds is 3. The first-order valence-corrected chi connectivity index (χ1v) is 8.03. The van der Waals surface area contributed by atoms with Crippen molar-refractivity contribution in [3.63, 3.8) is 0 Å². The number of nitrogens with zero attached hydrogens (tertiary/aromatic N) is 1. The predicted octanol–water partition coefficient (Wildman–Crippen LogP) is 4.35. The molecule has 3 heteroatoms. The van der Waals surface area contributed by atoms with E-state index in [2.05, 4.69) is 17.0 Å². The summed E-state index contributed by atoms with van der Waals surface area (Å²) < 4.78 is 0. The number of halogens is 1. The highest BCUT2D eigenvalue weighted by Crippen LogP contribution is 2.19. The summed E-state index contributed by atoms with van der Waals surface area (Å²) in [5, 5.41) is 12.6. The van der Waals surface area contributed by atoms with Gasteiger partial charge in [0.2, 0.25) is 0 Å². The molecule has 3 aromatic rings. The van der Waals surface area contributed by atoms with Crippen molar-refractivity contribution in [2.75, 3.05) is 14.1 Å². The molecule has 3 rings (SSSR count). The zero-order valence-corrected chi connectivity index (χ0v) is 14.6. The number of hydrogen-bond donors (Lipinski definition) is 0. The molecule has 24 heavy (non-hydrogen) atoms. The van der Waals surface area contributed by atoms with Gasteiger partial charge in [-0.15, -0.1) is 4.90 Å². The Morgan fingerprint density at radius 1 is 0.708 bits per heavy atom. The van der Waals surface area contributed by atoms with Crippen molar-refractivity contribution >= 4 is 17.3 Å². The number of anilines is 1. The summed E-state index contributed by atoms with van der Waals surface area (Å²) in [5.74, 6) is 0. The Labute approximate surface area is 149 Å². The SMILES string of the molecule is C[N+](C)c1ccccc1.[O-][C](c1ccccc1)c1ccc(Cl)cc1. The van der Waals surface area contributed by atoms with E-state index in [-0.39, 0.29) is 6.10 Å². The van der Waals surface area contributed by atoms with Crippen LogP contribution in [0.3, 0.4) is 0 Å². The van der Waals surface area contributed by atoms with Crippen LogP contribution in [0.15, 0.2) is 84.9 Å². The third-order valence-electron chi connectivity index (χ3n) is 3.41. The maximum atomic E-state index is 11.9. The van der Waals surface area contributed by atoms with Crippen LogP contribution in [0.25, 0.3) is 0 Å². The van der Waals surface area contributed by atoms with Gasteiger partial charge in [-0.25, -0.2) is 0 Å². The molecule has 2 nitrogen and oxygen atoms in total. The van der Waals surface area contributed by atoms with E-state index in [0.717, 1.165) is 0 Å². The largest absolute Gasteiger partial charge is 0.843 e. The molecule has 0 aromatic heterocycles. The van der Waals surface area contributed by atoms with Crippen LogP contribution < -0.4 is 10.0 Å². The Morgan fingerprint density at radius 3 is 1.62 bits per heavy atom. The van der Waals surface area contributed by atoms with Crippen molar-refractivity contribution in [3.8, 4) is 0 Å². The summed E-state index contributed by atoms with van der Waals surface area (Å²) in [7, 11) is 4.07. The smallest absolute Gasteiger partial charge is 0.180 e. The lowest BCUT2D eigenvalue weighted by atomic mass is 10.0. The van der Waals surface area contributed by atoms with Gasteiger partial charge < -0.3 is 5.11 Å². The van der Waals surface area contributed by atoms with Gasteiger partial charge >= 0.3 is 0 Å². The van der Waals surface area contributed by atoms with Crippen LogP contribution in [0.1, 0.15) is 11.1 Å². The molecule has 0 unspecified atom stereocenters.